The average Bonchev–Trinajstić information content (AvgIpc) is 3.66. The number of hydrogen-bond donors (Lipinski definition) is 3. The molecule has 1 atom stereocenters. The van der Waals surface area contributed by atoms with Crippen LogP contribution >= 0.6 is 0 Å². The molecule has 1 saturated carbocycles. The Morgan fingerprint density at radius 3 is 2.06 bits per heavy atom. The van der Waals surface area contributed by atoms with Gasteiger partial charge in [-0.25, -0.2) is 9.59 Å². The molecular formula is C28H26N2O5. The Balaban J connectivity index is 1.18. The van der Waals surface area contributed by atoms with Gasteiger partial charge in [0.2, 0.25) is 5.91 Å². The van der Waals surface area contributed by atoms with Crippen molar-refractivity contribution in [1.82, 2.24) is 5.32 Å². The van der Waals surface area contributed by atoms with Crippen molar-refractivity contribution in [2.75, 3.05) is 11.9 Å². The van der Waals surface area contributed by atoms with Crippen molar-refractivity contribution >= 4 is 23.7 Å². The van der Waals surface area contributed by atoms with Crippen LogP contribution in [0, 0.1) is 5.92 Å². The van der Waals surface area contributed by atoms with Gasteiger partial charge in [0, 0.05) is 24.1 Å². The largest absolute Gasteiger partial charge is 0.478 e. The van der Waals surface area contributed by atoms with E-state index in [2.05, 4.69) is 34.9 Å². The molecule has 0 radical (unpaired) electrons. The molecule has 35 heavy (non-hydrogen) atoms. The van der Waals surface area contributed by atoms with Gasteiger partial charge in [-0.2, -0.15) is 0 Å². The first-order valence-electron chi connectivity index (χ1n) is 11.7. The van der Waals surface area contributed by atoms with Crippen LogP contribution in [0.15, 0.2) is 72.8 Å². The molecule has 0 spiro atoms. The third kappa shape index (κ3) is 5.04. The Hall–Kier alpha value is -4.13. The SMILES string of the molecule is O=C(CC(NC(=O)OCC1c2ccccc2-c2ccccc21)C1CC1)Nc1ccc(C(=O)O)cc1. The number of ether oxygens (including phenoxy) is 1. The molecule has 1 unspecified atom stereocenters. The van der Waals surface area contributed by atoms with Crippen LogP contribution in [-0.4, -0.2) is 35.7 Å². The Bertz CT molecular complexity index is 1220. The van der Waals surface area contributed by atoms with Crippen LogP contribution in [0.2, 0.25) is 0 Å². The van der Waals surface area contributed by atoms with Crippen LogP contribution in [-0.2, 0) is 9.53 Å². The van der Waals surface area contributed by atoms with Crippen LogP contribution < -0.4 is 10.6 Å². The van der Waals surface area contributed by atoms with E-state index >= 15 is 0 Å². The first-order valence-corrected chi connectivity index (χ1v) is 11.7. The fourth-order valence-corrected chi connectivity index (χ4v) is 4.73. The maximum atomic E-state index is 12.7. The number of amides is 2. The van der Waals surface area contributed by atoms with E-state index in [1.165, 1.54) is 23.3 Å². The second-order valence-electron chi connectivity index (χ2n) is 9.05. The van der Waals surface area contributed by atoms with Gasteiger partial charge in [-0.05, 0) is 65.3 Å². The van der Waals surface area contributed by atoms with Crippen LogP contribution in [0.25, 0.3) is 11.1 Å². The molecule has 1 fully saturated rings. The summed E-state index contributed by atoms with van der Waals surface area (Å²) in [4.78, 5) is 36.2. The van der Waals surface area contributed by atoms with Crippen LogP contribution in [0.1, 0.15) is 46.7 Å². The zero-order valence-corrected chi connectivity index (χ0v) is 19.1. The van der Waals surface area contributed by atoms with E-state index in [0.29, 0.717) is 5.69 Å². The molecule has 7 nitrogen and oxygen atoms in total. The topological polar surface area (TPSA) is 105 Å². The number of carboxylic acid groups (broad SMARTS) is 1. The summed E-state index contributed by atoms with van der Waals surface area (Å²) in [5.41, 5.74) is 5.29. The van der Waals surface area contributed by atoms with Gasteiger partial charge in [0.1, 0.15) is 6.61 Å². The molecule has 0 aliphatic heterocycles. The molecule has 2 aliphatic rings. The van der Waals surface area contributed by atoms with Crippen molar-refractivity contribution in [1.29, 1.82) is 0 Å². The van der Waals surface area contributed by atoms with E-state index in [4.69, 9.17) is 9.84 Å². The number of benzene rings is 3. The molecule has 0 saturated heterocycles. The molecule has 3 N–H and O–H groups in total. The first-order chi connectivity index (χ1) is 17.0. The molecule has 3 aromatic carbocycles. The number of nitrogens with one attached hydrogen (secondary N) is 2. The molecule has 7 heteroatoms. The van der Waals surface area contributed by atoms with Crippen LogP contribution in [0.4, 0.5) is 10.5 Å². The highest BCUT2D eigenvalue weighted by atomic mass is 16.5. The summed E-state index contributed by atoms with van der Waals surface area (Å²) >= 11 is 0. The number of alkyl carbamates (subject to hydrolysis) is 1. The molecule has 0 aromatic heterocycles. The molecule has 2 aliphatic carbocycles. The van der Waals surface area contributed by atoms with Gasteiger partial charge in [0.15, 0.2) is 0 Å². The third-order valence-corrected chi connectivity index (χ3v) is 6.66. The van der Waals surface area contributed by atoms with Gasteiger partial charge >= 0.3 is 12.1 Å². The fraction of sp³-hybridized carbons (Fsp3) is 0.250. The second-order valence-corrected chi connectivity index (χ2v) is 9.05. The Kier molecular flexibility index (Phi) is 6.23. The third-order valence-electron chi connectivity index (χ3n) is 6.66. The number of aromatic carboxylic acids is 1. The number of carbonyl (C=O) groups excluding carboxylic acids is 2. The highest BCUT2D eigenvalue weighted by molar-refractivity contribution is 5.93. The van der Waals surface area contributed by atoms with Gasteiger partial charge in [-0.1, -0.05) is 48.5 Å². The van der Waals surface area contributed by atoms with E-state index in [1.807, 2.05) is 24.3 Å². The summed E-state index contributed by atoms with van der Waals surface area (Å²) in [5, 5.41) is 14.7. The van der Waals surface area contributed by atoms with Gasteiger partial charge < -0.3 is 20.5 Å². The van der Waals surface area contributed by atoms with Crippen LogP contribution in [0.5, 0.6) is 0 Å². The normalized spacial score (nSPS) is 15.0. The highest BCUT2D eigenvalue weighted by Crippen LogP contribution is 2.44. The van der Waals surface area contributed by atoms with E-state index in [-0.39, 0.29) is 42.4 Å². The molecule has 5 rings (SSSR count). The fourth-order valence-electron chi connectivity index (χ4n) is 4.73. The van der Waals surface area contributed by atoms with Gasteiger partial charge in [0.05, 0.1) is 5.56 Å². The number of carbonyl (C=O) groups is 3. The molecular weight excluding hydrogens is 444 g/mol. The minimum Gasteiger partial charge on any atom is -0.478 e. The van der Waals surface area contributed by atoms with Gasteiger partial charge in [-0.15, -0.1) is 0 Å². The second kappa shape index (κ2) is 9.62. The Morgan fingerprint density at radius 2 is 1.49 bits per heavy atom. The number of fused-ring (bicyclic) bond motifs is 3. The minimum absolute atomic E-state index is 0.0235. The lowest BCUT2D eigenvalue weighted by molar-refractivity contribution is -0.116. The smallest absolute Gasteiger partial charge is 0.407 e. The summed E-state index contributed by atoms with van der Waals surface area (Å²) in [6.07, 6.45) is 1.50. The van der Waals surface area contributed by atoms with Gasteiger partial charge in [0.25, 0.3) is 0 Å². The molecule has 178 valence electrons. The van der Waals surface area contributed by atoms with Crippen molar-refractivity contribution in [3.05, 3.63) is 89.5 Å². The monoisotopic (exact) mass is 470 g/mol. The Labute approximate surface area is 203 Å². The van der Waals surface area contributed by atoms with Crippen molar-refractivity contribution in [3.63, 3.8) is 0 Å². The predicted molar refractivity (Wildman–Crippen MR) is 131 cm³/mol. The average molecular weight is 471 g/mol. The lowest BCUT2D eigenvalue weighted by Crippen LogP contribution is -2.39. The lowest BCUT2D eigenvalue weighted by atomic mass is 9.98. The van der Waals surface area contributed by atoms with Crippen molar-refractivity contribution in [2.24, 2.45) is 5.92 Å². The summed E-state index contributed by atoms with van der Waals surface area (Å²) in [6.45, 7) is 0.222. The number of rotatable bonds is 8. The number of anilines is 1. The van der Waals surface area contributed by atoms with Gasteiger partial charge in [-0.3, -0.25) is 4.79 Å². The molecule has 0 heterocycles. The Morgan fingerprint density at radius 1 is 0.886 bits per heavy atom. The van der Waals surface area contributed by atoms with Crippen molar-refractivity contribution in [2.45, 2.75) is 31.2 Å². The van der Waals surface area contributed by atoms with E-state index in [9.17, 15) is 14.4 Å². The lowest BCUT2D eigenvalue weighted by Gasteiger charge is -2.19. The molecule has 0 bridgehead atoms. The summed E-state index contributed by atoms with van der Waals surface area (Å²) in [5.74, 6) is -1.05. The minimum atomic E-state index is -1.02. The van der Waals surface area contributed by atoms with Crippen molar-refractivity contribution in [3.8, 4) is 11.1 Å². The summed E-state index contributed by atoms with van der Waals surface area (Å²) in [7, 11) is 0. The quantitative estimate of drug-likeness (QED) is 0.428. The number of hydrogen-bond acceptors (Lipinski definition) is 4. The zero-order valence-electron chi connectivity index (χ0n) is 19.1. The van der Waals surface area contributed by atoms with Crippen molar-refractivity contribution < 1.29 is 24.2 Å². The molecule has 2 amide bonds. The van der Waals surface area contributed by atoms with E-state index in [1.54, 1.807) is 12.1 Å². The standard InChI is InChI=1S/C28H26N2O5/c31-26(29-19-13-11-18(12-14-19)27(32)33)15-25(17-9-10-17)30-28(34)35-16-24-22-7-3-1-5-20(22)21-6-2-4-8-23(21)24/h1-8,11-14,17,24-25H,9-10,15-16H2,(H,29,31)(H,30,34)(H,32,33). The summed E-state index contributed by atoms with van der Waals surface area (Å²) in [6, 6.07) is 22.0. The van der Waals surface area contributed by atoms with E-state index in [0.717, 1.165) is 24.0 Å². The molecule has 3 aromatic rings. The summed E-state index contributed by atoms with van der Waals surface area (Å²) < 4.78 is 5.65. The number of carboxylic acids is 1. The maximum Gasteiger partial charge on any atom is 0.407 e. The first kappa shape index (κ1) is 22.7. The maximum absolute atomic E-state index is 12.7. The van der Waals surface area contributed by atoms with Crippen LogP contribution in [0.3, 0.4) is 0 Å². The van der Waals surface area contributed by atoms with E-state index < -0.39 is 12.1 Å². The zero-order chi connectivity index (χ0) is 24.4. The predicted octanol–water partition coefficient (Wildman–Crippen LogP) is 5.03. The highest BCUT2D eigenvalue weighted by Gasteiger charge is 2.35.